The molecular weight excluding hydrogens is 494 g/mol. The smallest absolute Gasteiger partial charge is 0.394 e. The Kier molecular flexibility index (Phi) is 7.77. The summed E-state index contributed by atoms with van der Waals surface area (Å²) in [6.07, 6.45) is -2.15. The predicted molar refractivity (Wildman–Crippen MR) is 127 cm³/mol. The molecule has 0 radical (unpaired) electrons. The third-order valence-electron chi connectivity index (χ3n) is 5.66. The number of halogens is 4. The summed E-state index contributed by atoms with van der Waals surface area (Å²) in [5, 5.41) is 2.93. The molecule has 1 saturated heterocycles. The minimum Gasteiger partial charge on any atom is -0.433 e. The number of primary amides is 1. The molecular formula is C25H25F4N5O3. The van der Waals surface area contributed by atoms with Gasteiger partial charge in [-0.25, -0.2) is 14.4 Å². The zero-order valence-corrected chi connectivity index (χ0v) is 19.9. The molecule has 1 fully saturated rings. The van der Waals surface area contributed by atoms with E-state index < -0.39 is 29.7 Å². The van der Waals surface area contributed by atoms with Crippen LogP contribution < -0.4 is 20.7 Å². The predicted octanol–water partition coefficient (Wildman–Crippen LogP) is 3.96. The van der Waals surface area contributed by atoms with Crippen molar-refractivity contribution in [2.45, 2.75) is 32.0 Å². The molecule has 12 heteroatoms. The van der Waals surface area contributed by atoms with Crippen molar-refractivity contribution < 1.29 is 31.8 Å². The first-order valence-corrected chi connectivity index (χ1v) is 11.4. The lowest BCUT2D eigenvalue weighted by molar-refractivity contribution is -0.159. The third-order valence-corrected chi connectivity index (χ3v) is 5.66. The SMILES string of the molecule is CC(F)(F)Oc1ccc(C2COCCN2c2ncnc(NCc3ccc(CC(N)=O)cc3)c2F)c(F)c1. The van der Waals surface area contributed by atoms with Gasteiger partial charge in [0.1, 0.15) is 17.9 Å². The van der Waals surface area contributed by atoms with E-state index >= 15 is 4.39 Å². The Hall–Kier alpha value is -3.93. The molecule has 3 aromatic rings. The number of nitrogens with two attached hydrogens (primary N) is 1. The minimum absolute atomic E-state index is 0.0327. The first-order chi connectivity index (χ1) is 17.6. The summed E-state index contributed by atoms with van der Waals surface area (Å²) >= 11 is 0. The molecule has 2 aromatic carbocycles. The Labute approximate surface area is 210 Å². The largest absolute Gasteiger partial charge is 0.433 e. The van der Waals surface area contributed by atoms with E-state index in [-0.39, 0.29) is 55.7 Å². The topological polar surface area (TPSA) is 103 Å². The highest BCUT2D eigenvalue weighted by Crippen LogP contribution is 2.34. The Morgan fingerprint density at radius 2 is 1.92 bits per heavy atom. The van der Waals surface area contributed by atoms with Gasteiger partial charge in [0.15, 0.2) is 11.6 Å². The monoisotopic (exact) mass is 519 g/mol. The van der Waals surface area contributed by atoms with Gasteiger partial charge in [0.25, 0.3) is 0 Å². The van der Waals surface area contributed by atoms with Crippen LogP contribution in [0.2, 0.25) is 0 Å². The van der Waals surface area contributed by atoms with Gasteiger partial charge in [-0.1, -0.05) is 30.3 Å². The van der Waals surface area contributed by atoms with E-state index in [2.05, 4.69) is 20.0 Å². The molecule has 1 aromatic heterocycles. The Morgan fingerprint density at radius 1 is 1.19 bits per heavy atom. The van der Waals surface area contributed by atoms with E-state index in [4.69, 9.17) is 10.5 Å². The van der Waals surface area contributed by atoms with Gasteiger partial charge in [0.05, 0.1) is 25.7 Å². The number of alkyl halides is 2. The molecule has 2 heterocycles. The number of hydrogen-bond acceptors (Lipinski definition) is 7. The zero-order chi connectivity index (χ0) is 26.6. The van der Waals surface area contributed by atoms with E-state index in [1.807, 2.05) is 0 Å². The van der Waals surface area contributed by atoms with Crippen molar-refractivity contribution >= 4 is 17.5 Å². The molecule has 1 unspecified atom stereocenters. The van der Waals surface area contributed by atoms with Crippen molar-refractivity contribution in [2.75, 3.05) is 30.0 Å². The maximum Gasteiger partial charge on any atom is 0.394 e. The number of aromatic nitrogens is 2. The highest BCUT2D eigenvalue weighted by molar-refractivity contribution is 5.76. The van der Waals surface area contributed by atoms with Gasteiger partial charge in [-0.05, 0) is 17.2 Å². The molecule has 3 N–H and O–H groups in total. The average molecular weight is 519 g/mol. The number of rotatable bonds is 9. The number of amides is 1. The van der Waals surface area contributed by atoms with Crippen molar-refractivity contribution in [1.29, 1.82) is 0 Å². The molecule has 0 spiro atoms. The first-order valence-electron chi connectivity index (χ1n) is 11.4. The van der Waals surface area contributed by atoms with E-state index in [0.717, 1.165) is 17.2 Å². The van der Waals surface area contributed by atoms with Crippen LogP contribution in [-0.4, -0.2) is 41.7 Å². The minimum atomic E-state index is -3.47. The first kappa shape index (κ1) is 26.1. The van der Waals surface area contributed by atoms with Crippen LogP contribution in [0.1, 0.15) is 29.7 Å². The Morgan fingerprint density at radius 3 is 2.59 bits per heavy atom. The lowest BCUT2D eigenvalue weighted by atomic mass is 10.0. The van der Waals surface area contributed by atoms with Crippen LogP contribution in [0, 0.1) is 11.6 Å². The standard InChI is InChI=1S/C25H25F4N5O3/c1-25(28,29)37-17-6-7-18(19(26)11-17)20-13-36-9-8-34(20)24-22(27)23(32-14-33-24)31-12-16-4-2-15(3-5-16)10-21(30)35/h2-7,11,14,20H,8-10,12-13H2,1H3,(H2,30,35)(H,31,32,33). The van der Waals surface area contributed by atoms with Crippen molar-refractivity contribution in [1.82, 2.24) is 9.97 Å². The molecule has 4 rings (SSSR count). The van der Waals surface area contributed by atoms with Gasteiger partial charge in [0.2, 0.25) is 11.7 Å². The fraction of sp³-hybridized carbons (Fsp3) is 0.320. The lowest BCUT2D eigenvalue weighted by Crippen LogP contribution is -2.41. The van der Waals surface area contributed by atoms with Gasteiger partial charge in [0, 0.05) is 31.6 Å². The van der Waals surface area contributed by atoms with E-state index in [1.54, 1.807) is 29.2 Å². The highest BCUT2D eigenvalue weighted by atomic mass is 19.3. The summed E-state index contributed by atoms with van der Waals surface area (Å²) in [5.41, 5.74) is 6.90. The van der Waals surface area contributed by atoms with Gasteiger partial charge in [-0.3, -0.25) is 4.79 Å². The molecule has 1 amide bonds. The van der Waals surface area contributed by atoms with Crippen LogP contribution in [0.5, 0.6) is 5.75 Å². The maximum absolute atomic E-state index is 15.5. The zero-order valence-electron chi connectivity index (χ0n) is 19.9. The lowest BCUT2D eigenvalue weighted by Gasteiger charge is -2.37. The summed E-state index contributed by atoms with van der Waals surface area (Å²) in [4.78, 5) is 20.7. The van der Waals surface area contributed by atoms with Crippen molar-refractivity contribution in [3.63, 3.8) is 0 Å². The Balaban J connectivity index is 1.53. The molecule has 1 aliphatic heterocycles. The maximum atomic E-state index is 15.5. The fourth-order valence-electron chi connectivity index (χ4n) is 4.01. The van der Waals surface area contributed by atoms with E-state index in [0.29, 0.717) is 6.92 Å². The summed E-state index contributed by atoms with van der Waals surface area (Å²) in [6.45, 7) is 1.30. The number of carbonyl (C=O) groups excluding carboxylic acids is 1. The number of nitrogens with zero attached hydrogens (tertiary/aromatic N) is 3. The number of ether oxygens (including phenoxy) is 2. The summed E-state index contributed by atoms with van der Waals surface area (Å²) in [5.74, 6) is -2.40. The molecule has 1 atom stereocenters. The van der Waals surface area contributed by atoms with Crippen LogP contribution in [0.25, 0.3) is 0 Å². The van der Waals surface area contributed by atoms with Crippen molar-refractivity contribution in [2.24, 2.45) is 5.73 Å². The number of anilines is 2. The van der Waals surface area contributed by atoms with E-state index in [1.165, 1.54) is 18.5 Å². The van der Waals surface area contributed by atoms with Crippen molar-refractivity contribution in [3.05, 3.63) is 77.1 Å². The summed E-state index contributed by atoms with van der Waals surface area (Å²) in [7, 11) is 0. The van der Waals surface area contributed by atoms with Crippen LogP contribution in [0.4, 0.5) is 29.2 Å². The average Bonchev–Trinajstić information content (AvgIpc) is 2.83. The number of hydrogen-bond donors (Lipinski definition) is 2. The van der Waals surface area contributed by atoms with Gasteiger partial charge >= 0.3 is 6.11 Å². The number of nitrogens with one attached hydrogen (secondary N) is 1. The Bertz CT molecular complexity index is 1250. The highest BCUT2D eigenvalue weighted by Gasteiger charge is 2.32. The molecule has 0 aliphatic carbocycles. The molecule has 1 aliphatic rings. The second kappa shape index (κ2) is 11.0. The van der Waals surface area contributed by atoms with Gasteiger partial charge in [-0.15, -0.1) is 0 Å². The van der Waals surface area contributed by atoms with Crippen LogP contribution in [0.15, 0.2) is 48.8 Å². The van der Waals surface area contributed by atoms with Crippen LogP contribution in [0.3, 0.4) is 0 Å². The number of benzene rings is 2. The van der Waals surface area contributed by atoms with Crippen LogP contribution in [-0.2, 0) is 22.5 Å². The molecule has 8 nitrogen and oxygen atoms in total. The quantitative estimate of drug-likeness (QED) is 0.413. The second-order valence-corrected chi connectivity index (χ2v) is 8.55. The van der Waals surface area contributed by atoms with Crippen LogP contribution >= 0.6 is 0 Å². The van der Waals surface area contributed by atoms with Gasteiger partial charge in [-0.2, -0.15) is 13.2 Å². The third kappa shape index (κ3) is 6.64. The summed E-state index contributed by atoms with van der Waals surface area (Å²) in [6, 6.07) is 9.71. The second-order valence-electron chi connectivity index (χ2n) is 8.55. The van der Waals surface area contributed by atoms with Gasteiger partial charge < -0.3 is 25.4 Å². The number of morpholine rings is 1. The molecule has 37 heavy (non-hydrogen) atoms. The fourth-order valence-corrected chi connectivity index (χ4v) is 4.01. The van der Waals surface area contributed by atoms with Crippen molar-refractivity contribution in [3.8, 4) is 5.75 Å². The molecule has 196 valence electrons. The molecule has 0 saturated carbocycles. The normalized spacial score (nSPS) is 15.9. The summed E-state index contributed by atoms with van der Waals surface area (Å²) < 4.78 is 66.6. The molecule has 0 bridgehead atoms. The van der Waals surface area contributed by atoms with E-state index in [9.17, 15) is 18.0 Å². The number of carbonyl (C=O) groups is 1.